The zero-order chi connectivity index (χ0) is 12.6. The molecule has 0 saturated carbocycles. The molecule has 0 rings (SSSR count). The topological polar surface area (TPSA) is 9.72 Å². The van der Waals surface area contributed by atoms with Gasteiger partial charge in [-0.3, -0.25) is 0 Å². The van der Waals surface area contributed by atoms with Crippen LogP contribution in [0.4, 0.5) is 0 Å². The Morgan fingerprint density at radius 1 is 0.882 bits per heavy atom. The number of hydrogen-bond acceptors (Lipinski definition) is 4. The van der Waals surface area contributed by atoms with E-state index in [1.54, 1.807) is 0 Å². The van der Waals surface area contributed by atoms with E-state index in [-0.39, 0.29) is 51.4 Å². The number of hydrogen-bond donors (Lipinski definition) is 0. The van der Waals surface area contributed by atoms with Crippen LogP contribution in [-0.4, -0.2) is 73.4 Å². The monoisotopic (exact) mass is 301 g/mol. The van der Waals surface area contributed by atoms with Crippen LogP contribution in [0, 0.1) is 0 Å². The fourth-order valence-electron chi connectivity index (χ4n) is 1.45. The Labute approximate surface area is 160 Å². The third-order valence-corrected chi connectivity index (χ3v) is 2.84. The smallest absolute Gasteiger partial charge is 0.411 e. The molecule has 0 aliphatic heterocycles. The molecule has 0 atom stereocenters. The molecule has 0 fully saturated rings. The molecule has 0 radical (unpaired) electrons. The van der Waals surface area contributed by atoms with Crippen LogP contribution < -0.4 is 51.4 Å². The average Bonchev–Trinajstić information content (AvgIpc) is 2.14. The first-order valence-corrected chi connectivity index (χ1v) is 6.50. The zero-order valence-corrected chi connectivity index (χ0v) is 16.7. The minimum Gasteiger partial charge on any atom is -0.411 e. The molecule has 96 valence electrons. The van der Waals surface area contributed by atoms with E-state index < -0.39 is 0 Å². The summed E-state index contributed by atoms with van der Waals surface area (Å²) >= 11 is 10.2. The molecular formula is C11H24KN3S2. The van der Waals surface area contributed by atoms with Gasteiger partial charge in [0, 0.05) is 13.1 Å². The van der Waals surface area contributed by atoms with Crippen LogP contribution in [0.3, 0.4) is 0 Å². The predicted molar refractivity (Wildman–Crippen MR) is 77.9 cm³/mol. The van der Waals surface area contributed by atoms with Crippen LogP contribution in [0.2, 0.25) is 0 Å². The largest absolute Gasteiger partial charge is 1.00 e. The van der Waals surface area contributed by atoms with Crippen molar-refractivity contribution >= 4 is 29.2 Å². The second kappa shape index (κ2) is 12.7. The van der Waals surface area contributed by atoms with E-state index in [1.807, 2.05) is 0 Å². The molecule has 0 aromatic carbocycles. The summed E-state index contributed by atoms with van der Waals surface area (Å²) in [5, 5.41) is 0. The molecule has 6 heteroatoms. The third-order valence-electron chi connectivity index (χ3n) is 2.32. The number of thiocarbonyl (C=S) groups is 1. The van der Waals surface area contributed by atoms with Crippen molar-refractivity contribution in [3.63, 3.8) is 0 Å². The molecule has 0 aromatic heterocycles. The van der Waals surface area contributed by atoms with E-state index in [0.29, 0.717) is 4.32 Å². The maximum atomic E-state index is 5.09. The Balaban J connectivity index is 0. The van der Waals surface area contributed by atoms with Crippen LogP contribution in [-0.2, 0) is 12.6 Å². The van der Waals surface area contributed by atoms with Gasteiger partial charge in [0.25, 0.3) is 0 Å². The molecule has 0 spiro atoms. The van der Waals surface area contributed by atoms with Crippen LogP contribution in [0.5, 0.6) is 0 Å². The van der Waals surface area contributed by atoms with Crippen molar-refractivity contribution in [2.75, 3.05) is 54.4 Å². The van der Waals surface area contributed by atoms with E-state index in [1.165, 1.54) is 0 Å². The van der Waals surface area contributed by atoms with Crippen LogP contribution >= 0.6 is 12.2 Å². The first-order chi connectivity index (χ1) is 7.43. The quantitative estimate of drug-likeness (QED) is 0.291. The molecule has 0 bridgehead atoms. The van der Waals surface area contributed by atoms with Gasteiger partial charge < -0.3 is 39.5 Å². The number of nitrogens with zero attached hydrogens (tertiary/aromatic N) is 3. The van der Waals surface area contributed by atoms with Gasteiger partial charge in [0.15, 0.2) is 0 Å². The maximum Gasteiger partial charge on any atom is 1.00 e. The Kier molecular flexibility index (Phi) is 15.7. The standard InChI is InChI=1S/C11H25N3S2.K/c1-12(2)7-5-9-14(11(15)16)10-6-8-13(3)4;/h5-10H2,1-4H3,(H,15,16);/q;+1/p-1. The molecule has 0 amide bonds. The maximum absolute atomic E-state index is 5.09. The van der Waals surface area contributed by atoms with Crippen molar-refractivity contribution in [3.05, 3.63) is 0 Å². The van der Waals surface area contributed by atoms with Crippen LogP contribution in [0.15, 0.2) is 0 Å². The van der Waals surface area contributed by atoms with Gasteiger partial charge in [-0.25, -0.2) is 0 Å². The Morgan fingerprint density at radius 3 is 1.47 bits per heavy atom. The summed E-state index contributed by atoms with van der Waals surface area (Å²) in [6, 6.07) is 0. The van der Waals surface area contributed by atoms with Crippen LogP contribution in [0.1, 0.15) is 12.8 Å². The van der Waals surface area contributed by atoms with Crippen molar-refractivity contribution < 1.29 is 51.4 Å². The Bertz CT molecular complexity index is 187. The van der Waals surface area contributed by atoms with Crippen molar-refractivity contribution in [1.82, 2.24) is 14.7 Å². The van der Waals surface area contributed by atoms with Gasteiger partial charge in [0.1, 0.15) is 0 Å². The summed E-state index contributed by atoms with van der Waals surface area (Å²) in [6.45, 7) is 4.13. The van der Waals surface area contributed by atoms with E-state index in [0.717, 1.165) is 39.0 Å². The summed E-state index contributed by atoms with van der Waals surface area (Å²) in [4.78, 5) is 6.51. The molecule has 17 heavy (non-hydrogen) atoms. The first-order valence-electron chi connectivity index (χ1n) is 5.69. The molecule has 0 aromatic rings. The molecule has 0 N–H and O–H groups in total. The molecule has 0 unspecified atom stereocenters. The van der Waals surface area contributed by atoms with Crippen molar-refractivity contribution in [1.29, 1.82) is 0 Å². The van der Waals surface area contributed by atoms with Gasteiger partial charge in [-0.2, -0.15) is 0 Å². The minimum absolute atomic E-state index is 0. The van der Waals surface area contributed by atoms with Gasteiger partial charge in [-0.05, 0) is 54.1 Å². The number of rotatable bonds is 8. The van der Waals surface area contributed by atoms with Crippen molar-refractivity contribution in [2.45, 2.75) is 12.8 Å². The van der Waals surface area contributed by atoms with Crippen LogP contribution in [0.25, 0.3) is 0 Å². The Hall–Kier alpha value is 1.67. The van der Waals surface area contributed by atoms with Gasteiger partial charge in [-0.15, -0.1) is 0 Å². The molecule has 3 nitrogen and oxygen atoms in total. The second-order valence-corrected chi connectivity index (χ2v) is 5.60. The molecular weight excluding hydrogens is 277 g/mol. The normalized spacial score (nSPS) is 10.5. The Morgan fingerprint density at radius 2 is 1.24 bits per heavy atom. The molecule has 0 heterocycles. The third kappa shape index (κ3) is 13.9. The van der Waals surface area contributed by atoms with Crippen molar-refractivity contribution in [2.24, 2.45) is 0 Å². The van der Waals surface area contributed by atoms with Crippen molar-refractivity contribution in [3.8, 4) is 0 Å². The molecule has 0 saturated heterocycles. The summed E-state index contributed by atoms with van der Waals surface area (Å²) in [7, 11) is 8.34. The van der Waals surface area contributed by atoms with Gasteiger partial charge >= 0.3 is 51.4 Å². The zero-order valence-electron chi connectivity index (χ0n) is 11.9. The van der Waals surface area contributed by atoms with E-state index in [2.05, 4.69) is 42.9 Å². The second-order valence-electron chi connectivity index (χ2n) is 4.57. The van der Waals surface area contributed by atoms with E-state index in [4.69, 9.17) is 24.8 Å². The SMILES string of the molecule is CN(C)CCCN(CCCN(C)C)C(=S)[S-].[K+]. The van der Waals surface area contributed by atoms with E-state index >= 15 is 0 Å². The van der Waals surface area contributed by atoms with E-state index in [9.17, 15) is 0 Å². The van der Waals surface area contributed by atoms with Gasteiger partial charge in [-0.1, -0.05) is 4.32 Å². The minimum atomic E-state index is 0. The first kappa shape index (κ1) is 21.0. The average molecular weight is 302 g/mol. The molecule has 0 aliphatic rings. The fourth-order valence-corrected chi connectivity index (χ4v) is 1.82. The summed E-state index contributed by atoms with van der Waals surface area (Å²) < 4.78 is 0.609. The molecule has 0 aliphatic carbocycles. The predicted octanol–water partition coefficient (Wildman–Crippen LogP) is -1.97. The summed E-state index contributed by atoms with van der Waals surface area (Å²) in [5.41, 5.74) is 0. The summed E-state index contributed by atoms with van der Waals surface area (Å²) in [5.74, 6) is 0. The van der Waals surface area contributed by atoms with Gasteiger partial charge in [0.2, 0.25) is 0 Å². The van der Waals surface area contributed by atoms with Gasteiger partial charge in [0.05, 0.1) is 0 Å². The fraction of sp³-hybridized carbons (Fsp3) is 0.909. The summed E-state index contributed by atoms with van der Waals surface area (Å²) in [6.07, 6.45) is 2.23.